The van der Waals surface area contributed by atoms with E-state index in [1.54, 1.807) is 26.0 Å². The number of carbonyl (C=O) groups is 6. The lowest BCUT2D eigenvalue weighted by Crippen LogP contribution is -2.58. The minimum atomic E-state index is -4.88. The van der Waals surface area contributed by atoms with Gasteiger partial charge in [-0.1, -0.05) is 26.0 Å². The van der Waals surface area contributed by atoms with Crippen LogP contribution >= 0.6 is 0 Å². The quantitative estimate of drug-likeness (QED) is 0.119. The molecule has 2 aromatic carbocycles. The molecule has 0 bridgehead atoms. The van der Waals surface area contributed by atoms with Crippen molar-refractivity contribution in [2.24, 2.45) is 5.92 Å². The fourth-order valence-corrected chi connectivity index (χ4v) is 4.86. The lowest BCUT2D eigenvalue weighted by molar-refractivity contribution is -0.140. The van der Waals surface area contributed by atoms with Crippen LogP contribution in [0, 0.1) is 5.92 Å². The Hall–Kier alpha value is -5.94. The van der Waals surface area contributed by atoms with Crippen LogP contribution in [0.4, 0.5) is 18.9 Å². The number of alkyl halides is 3. The van der Waals surface area contributed by atoms with E-state index in [1.165, 1.54) is 26.0 Å². The Morgan fingerprint density at radius 1 is 0.804 bits per heavy atom. The number of carboxylic acids is 1. The first-order valence-electron chi connectivity index (χ1n) is 15.4. The zero-order valence-electron chi connectivity index (χ0n) is 27.7. The molecule has 3 aromatic rings. The van der Waals surface area contributed by atoms with Gasteiger partial charge in [0.05, 0.1) is 12.0 Å². The molecular formula is C33H36F3N5O10. The number of carboxylic acid groups (broad SMARTS) is 1. The zero-order chi connectivity index (χ0) is 38.2. The minimum absolute atomic E-state index is 0.00374. The molecule has 51 heavy (non-hydrogen) atoms. The summed E-state index contributed by atoms with van der Waals surface area (Å²) >= 11 is 0. The molecule has 7 N–H and O–H groups in total. The maximum Gasteiger partial charge on any atom is 0.417 e. The van der Waals surface area contributed by atoms with Crippen LogP contribution in [-0.2, 0) is 41.4 Å². The normalized spacial score (nSPS) is 13.7. The smallest absolute Gasteiger partial charge is 0.417 e. The number of rotatable bonds is 14. The SMILES string of the molecule is CC(=O)N[C@H](Cc1ccc(O)cc1)C(=O)N[C@H](C(=O)N[C@@H](C)C(=O)N[C@@H](CC(=O)O)C(=O)Nc1ccc2c(C(F)(F)F)cc(=O)oc2c1)C(C)C. The molecule has 0 unspecified atom stereocenters. The van der Waals surface area contributed by atoms with Gasteiger partial charge in [-0.3, -0.25) is 28.8 Å². The summed E-state index contributed by atoms with van der Waals surface area (Å²) in [5.74, 6) is -6.19. The van der Waals surface area contributed by atoms with Crippen molar-refractivity contribution in [1.82, 2.24) is 21.3 Å². The third-order valence-corrected chi connectivity index (χ3v) is 7.40. The highest BCUT2D eigenvalue weighted by atomic mass is 19.4. The Morgan fingerprint density at radius 3 is 2.02 bits per heavy atom. The van der Waals surface area contributed by atoms with Crippen LogP contribution in [-0.4, -0.2) is 69.9 Å². The maximum atomic E-state index is 13.4. The third kappa shape index (κ3) is 11.3. The molecule has 1 aromatic heterocycles. The van der Waals surface area contributed by atoms with E-state index in [9.17, 15) is 56.9 Å². The summed E-state index contributed by atoms with van der Waals surface area (Å²) in [7, 11) is 0. The van der Waals surface area contributed by atoms with Gasteiger partial charge >= 0.3 is 17.8 Å². The van der Waals surface area contributed by atoms with Crippen molar-refractivity contribution < 1.29 is 56.6 Å². The fraction of sp³-hybridized carbons (Fsp3) is 0.364. The number of phenolic OH excluding ortho intramolecular Hbond substituents is 1. The summed E-state index contributed by atoms with van der Waals surface area (Å²) in [4.78, 5) is 87.6. The van der Waals surface area contributed by atoms with Crippen LogP contribution in [0.2, 0.25) is 0 Å². The highest BCUT2D eigenvalue weighted by Crippen LogP contribution is 2.34. The largest absolute Gasteiger partial charge is 0.508 e. The summed E-state index contributed by atoms with van der Waals surface area (Å²) in [5, 5.41) is 30.4. The molecule has 5 amide bonds. The molecule has 4 atom stereocenters. The third-order valence-electron chi connectivity index (χ3n) is 7.40. The van der Waals surface area contributed by atoms with E-state index in [0.717, 1.165) is 18.2 Å². The summed E-state index contributed by atoms with van der Waals surface area (Å²) in [6.07, 6.45) is -5.80. The second-order valence-electron chi connectivity index (χ2n) is 11.9. The Bertz CT molecular complexity index is 1860. The van der Waals surface area contributed by atoms with Crippen LogP contribution in [0.1, 0.15) is 45.2 Å². The second kappa shape index (κ2) is 16.6. The summed E-state index contributed by atoms with van der Waals surface area (Å²) in [6.45, 7) is 5.65. The van der Waals surface area contributed by atoms with Gasteiger partial charge in [-0.25, -0.2) is 4.79 Å². The molecule has 3 rings (SSSR count). The lowest BCUT2D eigenvalue weighted by atomic mass is 10.0. The molecule has 0 saturated heterocycles. The molecule has 1 heterocycles. The number of hydrogen-bond acceptors (Lipinski definition) is 9. The van der Waals surface area contributed by atoms with E-state index in [-0.39, 0.29) is 23.9 Å². The van der Waals surface area contributed by atoms with Crippen LogP contribution < -0.4 is 32.2 Å². The molecule has 0 fully saturated rings. The Morgan fingerprint density at radius 2 is 1.45 bits per heavy atom. The van der Waals surface area contributed by atoms with Crippen molar-refractivity contribution in [3.8, 4) is 5.75 Å². The number of benzene rings is 2. The van der Waals surface area contributed by atoms with Crippen molar-refractivity contribution in [3.63, 3.8) is 0 Å². The first-order chi connectivity index (χ1) is 23.7. The van der Waals surface area contributed by atoms with E-state index < -0.39 is 100 Å². The van der Waals surface area contributed by atoms with Crippen molar-refractivity contribution in [2.75, 3.05) is 5.32 Å². The monoisotopic (exact) mass is 719 g/mol. The summed E-state index contributed by atoms with van der Waals surface area (Å²) < 4.78 is 45.0. The number of aromatic hydroxyl groups is 1. The highest BCUT2D eigenvalue weighted by molar-refractivity contribution is 6.01. The fourth-order valence-electron chi connectivity index (χ4n) is 4.86. The molecule has 0 radical (unpaired) electrons. The molecule has 0 spiro atoms. The van der Waals surface area contributed by atoms with Gasteiger partial charge < -0.3 is 41.2 Å². The molecule has 0 saturated carbocycles. The van der Waals surface area contributed by atoms with Crippen LogP contribution in [0.3, 0.4) is 0 Å². The standard InChI is InChI=1S/C33H36F3N5O10/c1-15(2)28(41-31(49)23(38-17(4)42)11-18-5-8-20(43)9-6-18)32(50)37-16(3)29(47)40-24(14-26(44)45)30(48)39-19-7-10-21-22(33(34,35)36)13-27(46)51-25(21)12-19/h5-10,12-13,15-16,23-24,28,43H,11,14H2,1-4H3,(H,37,50)(H,38,42)(H,39,48)(H,40,47)(H,41,49)(H,44,45)/t16-,23+,24-,28-/m0/s1. The first-order valence-corrected chi connectivity index (χ1v) is 15.4. The number of nitrogens with one attached hydrogen (secondary N) is 5. The van der Waals surface area contributed by atoms with E-state index in [0.29, 0.717) is 5.56 Å². The molecule has 15 nitrogen and oxygen atoms in total. The van der Waals surface area contributed by atoms with E-state index in [1.807, 2.05) is 0 Å². The zero-order valence-corrected chi connectivity index (χ0v) is 27.7. The van der Waals surface area contributed by atoms with Crippen LogP contribution in [0.5, 0.6) is 5.75 Å². The molecule has 274 valence electrons. The summed E-state index contributed by atoms with van der Waals surface area (Å²) in [5.41, 5.74) is -2.66. The molecule has 18 heteroatoms. The number of aliphatic carboxylic acids is 1. The second-order valence-corrected chi connectivity index (χ2v) is 11.9. The number of anilines is 1. The number of carbonyl (C=O) groups excluding carboxylic acids is 5. The van der Waals surface area contributed by atoms with Crippen molar-refractivity contribution in [1.29, 1.82) is 0 Å². The van der Waals surface area contributed by atoms with Gasteiger partial charge in [0.2, 0.25) is 29.5 Å². The van der Waals surface area contributed by atoms with E-state index in [2.05, 4.69) is 26.6 Å². The number of phenols is 1. The highest BCUT2D eigenvalue weighted by Gasteiger charge is 2.35. The number of amides is 5. The van der Waals surface area contributed by atoms with Crippen molar-refractivity contribution >= 4 is 52.2 Å². The van der Waals surface area contributed by atoms with Gasteiger partial charge in [0, 0.05) is 36.6 Å². The molecular weight excluding hydrogens is 683 g/mol. The molecule has 0 aliphatic rings. The van der Waals surface area contributed by atoms with Crippen molar-refractivity contribution in [2.45, 2.75) is 70.9 Å². The lowest BCUT2D eigenvalue weighted by Gasteiger charge is -2.27. The van der Waals surface area contributed by atoms with E-state index >= 15 is 0 Å². The predicted octanol–water partition coefficient (Wildman–Crippen LogP) is 1.81. The van der Waals surface area contributed by atoms with Gasteiger partial charge in [-0.2, -0.15) is 13.2 Å². The maximum absolute atomic E-state index is 13.4. The Kier molecular flexibility index (Phi) is 12.9. The number of halogens is 3. The predicted molar refractivity (Wildman–Crippen MR) is 174 cm³/mol. The first kappa shape index (κ1) is 39.5. The van der Waals surface area contributed by atoms with Crippen LogP contribution in [0.25, 0.3) is 11.0 Å². The van der Waals surface area contributed by atoms with Gasteiger partial charge in [0.25, 0.3) is 0 Å². The molecule has 0 aliphatic carbocycles. The summed E-state index contributed by atoms with van der Waals surface area (Å²) in [6, 6.07) is 3.67. The topological polar surface area (TPSA) is 233 Å². The Labute approximate surface area is 288 Å². The number of fused-ring (bicyclic) bond motifs is 1. The van der Waals surface area contributed by atoms with Gasteiger partial charge in [0.15, 0.2) is 0 Å². The minimum Gasteiger partial charge on any atom is -0.508 e. The Balaban J connectivity index is 1.71. The number of hydrogen-bond donors (Lipinski definition) is 7. The van der Waals surface area contributed by atoms with Crippen LogP contribution in [0.15, 0.2) is 57.7 Å². The van der Waals surface area contributed by atoms with Crippen molar-refractivity contribution in [3.05, 3.63) is 70.1 Å². The van der Waals surface area contributed by atoms with Gasteiger partial charge in [0.1, 0.15) is 35.5 Å². The average Bonchev–Trinajstić information content (AvgIpc) is 3.02. The molecule has 0 aliphatic heterocycles. The van der Waals surface area contributed by atoms with Gasteiger partial charge in [-0.15, -0.1) is 0 Å². The average molecular weight is 720 g/mol. The van der Waals surface area contributed by atoms with E-state index in [4.69, 9.17) is 4.42 Å². The van der Waals surface area contributed by atoms with Gasteiger partial charge in [-0.05, 0) is 42.7 Å².